The van der Waals surface area contributed by atoms with Crippen LogP contribution in [0.15, 0.2) is 53.9 Å². The first kappa shape index (κ1) is 23.7. The third-order valence-electron chi connectivity index (χ3n) is 7.95. The molecule has 4 atom stereocenters. The van der Waals surface area contributed by atoms with Gasteiger partial charge in [-0.1, -0.05) is 23.7 Å². The minimum atomic E-state index is -3.86. The average molecular weight is 503 g/mol. The van der Waals surface area contributed by atoms with Gasteiger partial charge in [-0.15, -0.1) is 6.58 Å². The van der Waals surface area contributed by atoms with Crippen molar-refractivity contribution >= 4 is 27.3 Å². The molecule has 0 amide bonds. The van der Waals surface area contributed by atoms with Gasteiger partial charge in [0.05, 0.1) is 23.3 Å². The quantitative estimate of drug-likeness (QED) is 0.602. The van der Waals surface area contributed by atoms with Crippen LogP contribution in [0.1, 0.15) is 36.8 Å². The van der Waals surface area contributed by atoms with Crippen LogP contribution in [0.25, 0.3) is 0 Å². The Morgan fingerprint density at radius 1 is 1.29 bits per heavy atom. The maximum atomic E-state index is 12.1. The number of ether oxygens (including phenoxy) is 1. The van der Waals surface area contributed by atoms with Crippen molar-refractivity contribution in [1.82, 2.24) is 0 Å². The molecule has 0 bridgehead atoms. The molecular formula is C26H31ClN2O4S. The van der Waals surface area contributed by atoms with Crippen LogP contribution in [0.5, 0.6) is 5.75 Å². The molecule has 3 N–H and O–H groups in total. The summed E-state index contributed by atoms with van der Waals surface area (Å²) in [6, 6.07) is 11.0. The first-order valence-corrected chi connectivity index (χ1v) is 13.8. The Hall–Kier alpha value is -2.06. The SMILES string of the molecule is C=C[C@H](O)[C@@H]1CC[C@H]1CN1CC2(CCCc3cc(Cl)ccc32)COc2ccc(S(N)(=O)=O)cc21. The molecule has 182 valence electrons. The van der Waals surface area contributed by atoms with Gasteiger partial charge >= 0.3 is 0 Å². The molecule has 3 aliphatic rings. The zero-order valence-corrected chi connectivity index (χ0v) is 20.7. The number of aryl methyl sites for hydroxylation is 1. The van der Waals surface area contributed by atoms with Gasteiger partial charge in [-0.2, -0.15) is 0 Å². The summed E-state index contributed by atoms with van der Waals surface area (Å²) in [5.74, 6) is 1.09. The van der Waals surface area contributed by atoms with Crippen LogP contribution in [0, 0.1) is 11.8 Å². The van der Waals surface area contributed by atoms with Gasteiger partial charge in [-0.05, 0) is 85.4 Å². The summed E-state index contributed by atoms with van der Waals surface area (Å²) in [5, 5.41) is 16.6. The Balaban J connectivity index is 1.57. The lowest BCUT2D eigenvalue weighted by Gasteiger charge is -2.45. The summed E-state index contributed by atoms with van der Waals surface area (Å²) in [7, 11) is -3.86. The van der Waals surface area contributed by atoms with Crippen molar-refractivity contribution < 1.29 is 18.3 Å². The zero-order valence-electron chi connectivity index (χ0n) is 19.1. The van der Waals surface area contributed by atoms with Crippen LogP contribution in [0.3, 0.4) is 0 Å². The Labute approximate surface area is 206 Å². The van der Waals surface area contributed by atoms with E-state index in [9.17, 15) is 13.5 Å². The number of fused-ring (bicyclic) bond motifs is 3. The van der Waals surface area contributed by atoms with Gasteiger partial charge in [0.15, 0.2) is 0 Å². The molecule has 2 aromatic carbocycles. The van der Waals surface area contributed by atoms with Gasteiger partial charge in [0.2, 0.25) is 10.0 Å². The van der Waals surface area contributed by atoms with Crippen molar-refractivity contribution in [2.24, 2.45) is 17.0 Å². The Morgan fingerprint density at radius 3 is 2.82 bits per heavy atom. The predicted octanol–water partition coefficient (Wildman–Crippen LogP) is 4.03. The summed E-state index contributed by atoms with van der Waals surface area (Å²) in [6.07, 6.45) is 6.02. The molecular weight excluding hydrogens is 472 g/mol. The van der Waals surface area contributed by atoms with E-state index >= 15 is 0 Å². The number of nitrogens with zero attached hydrogens (tertiary/aromatic N) is 1. The number of rotatable bonds is 5. The minimum Gasteiger partial charge on any atom is -0.490 e. The van der Waals surface area contributed by atoms with E-state index in [-0.39, 0.29) is 22.1 Å². The number of benzene rings is 2. The summed E-state index contributed by atoms with van der Waals surface area (Å²) in [5.41, 5.74) is 3.00. The first-order chi connectivity index (χ1) is 16.2. The molecule has 2 aliphatic carbocycles. The van der Waals surface area contributed by atoms with E-state index in [0.29, 0.717) is 25.4 Å². The monoisotopic (exact) mass is 502 g/mol. The zero-order chi connectivity index (χ0) is 24.1. The van der Waals surface area contributed by atoms with Gasteiger partial charge in [-0.25, -0.2) is 13.6 Å². The first-order valence-electron chi connectivity index (χ1n) is 11.8. The average Bonchev–Trinajstić information content (AvgIpc) is 2.93. The fourth-order valence-electron chi connectivity index (χ4n) is 6.00. The highest BCUT2D eigenvalue weighted by molar-refractivity contribution is 7.89. The minimum absolute atomic E-state index is 0.0721. The molecule has 1 aliphatic heterocycles. The van der Waals surface area contributed by atoms with Crippen molar-refractivity contribution in [2.45, 2.75) is 48.5 Å². The number of anilines is 1. The van der Waals surface area contributed by atoms with Crippen LogP contribution in [0.4, 0.5) is 5.69 Å². The topological polar surface area (TPSA) is 92.9 Å². The number of nitrogens with two attached hydrogens (primary N) is 1. The van der Waals surface area contributed by atoms with E-state index in [4.69, 9.17) is 21.5 Å². The molecule has 0 saturated heterocycles. The van der Waals surface area contributed by atoms with Gasteiger partial charge in [0.1, 0.15) is 5.75 Å². The second-order valence-electron chi connectivity index (χ2n) is 10.0. The van der Waals surface area contributed by atoms with E-state index < -0.39 is 16.1 Å². The van der Waals surface area contributed by atoms with Crippen molar-refractivity contribution in [3.8, 4) is 5.75 Å². The fraction of sp³-hybridized carbons (Fsp3) is 0.462. The lowest BCUT2D eigenvalue weighted by molar-refractivity contribution is 0.0460. The van der Waals surface area contributed by atoms with Gasteiger partial charge in [0, 0.05) is 23.5 Å². The molecule has 2 aromatic rings. The summed E-state index contributed by atoms with van der Waals surface area (Å²) < 4.78 is 30.6. The molecule has 1 spiro atoms. The molecule has 1 unspecified atom stereocenters. The van der Waals surface area contributed by atoms with Crippen LogP contribution < -0.4 is 14.8 Å². The molecule has 8 heteroatoms. The molecule has 0 aromatic heterocycles. The predicted molar refractivity (Wildman–Crippen MR) is 134 cm³/mol. The third kappa shape index (κ3) is 4.24. The van der Waals surface area contributed by atoms with Crippen LogP contribution in [-0.2, 0) is 21.9 Å². The van der Waals surface area contributed by atoms with E-state index in [1.165, 1.54) is 17.2 Å². The summed E-state index contributed by atoms with van der Waals surface area (Å²) in [6.45, 7) is 5.65. The third-order valence-corrected chi connectivity index (χ3v) is 9.09. The molecule has 5 rings (SSSR count). The smallest absolute Gasteiger partial charge is 0.238 e. The number of aliphatic hydroxyl groups excluding tert-OH is 1. The highest BCUT2D eigenvalue weighted by Gasteiger charge is 2.44. The number of aliphatic hydroxyl groups is 1. The Bertz CT molecular complexity index is 1220. The van der Waals surface area contributed by atoms with E-state index in [1.807, 2.05) is 6.07 Å². The molecule has 1 fully saturated rings. The normalized spacial score (nSPS) is 27.1. The Morgan fingerprint density at radius 2 is 2.12 bits per heavy atom. The van der Waals surface area contributed by atoms with E-state index in [1.54, 1.807) is 18.2 Å². The summed E-state index contributed by atoms with van der Waals surface area (Å²) in [4.78, 5) is 2.33. The molecule has 0 radical (unpaired) electrons. The lowest BCUT2D eigenvalue weighted by atomic mass is 9.68. The number of hydrogen-bond donors (Lipinski definition) is 2. The number of primary sulfonamides is 1. The second kappa shape index (κ2) is 8.86. The van der Waals surface area contributed by atoms with Crippen molar-refractivity contribution in [1.29, 1.82) is 0 Å². The molecule has 1 saturated carbocycles. The Kier molecular flexibility index (Phi) is 6.17. The molecule has 1 heterocycles. The van der Waals surface area contributed by atoms with Crippen LogP contribution in [0.2, 0.25) is 5.02 Å². The highest BCUT2D eigenvalue weighted by atomic mass is 35.5. The van der Waals surface area contributed by atoms with E-state index in [0.717, 1.165) is 42.8 Å². The second-order valence-corrected chi connectivity index (χ2v) is 12.0. The van der Waals surface area contributed by atoms with Crippen molar-refractivity contribution in [3.63, 3.8) is 0 Å². The van der Waals surface area contributed by atoms with Gasteiger partial charge in [0.25, 0.3) is 0 Å². The molecule has 6 nitrogen and oxygen atoms in total. The maximum absolute atomic E-state index is 12.1. The lowest BCUT2D eigenvalue weighted by Crippen LogP contribution is -2.49. The van der Waals surface area contributed by atoms with Gasteiger partial charge < -0.3 is 14.7 Å². The fourth-order valence-corrected chi connectivity index (χ4v) is 6.73. The number of halogens is 1. The number of sulfonamides is 1. The van der Waals surface area contributed by atoms with Crippen LogP contribution >= 0.6 is 11.6 Å². The van der Waals surface area contributed by atoms with Crippen LogP contribution in [-0.4, -0.2) is 39.3 Å². The van der Waals surface area contributed by atoms with Gasteiger partial charge in [-0.3, -0.25) is 0 Å². The van der Waals surface area contributed by atoms with E-state index in [2.05, 4.69) is 23.6 Å². The largest absolute Gasteiger partial charge is 0.490 e. The standard InChI is InChI=1S/C26H31ClN2O4S/c1-2-24(30)21-8-5-18(21)14-29-15-26(11-3-4-17-12-19(27)6-9-22(17)26)16-33-25-10-7-20(13-23(25)29)34(28,31)32/h2,6-7,9-10,12-13,18,21,24,30H,1,3-5,8,11,14-16H2,(H2,28,31,32)/t18-,21+,24-,26?/m0/s1. The van der Waals surface area contributed by atoms with Crippen molar-refractivity contribution in [3.05, 3.63) is 65.2 Å². The number of hydrogen-bond acceptors (Lipinski definition) is 5. The molecule has 34 heavy (non-hydrogen) atoms. The highest BCUT2D eigenvalue weighted by Crippen LogP contribution is 2.46. The van der Waals surface area contributed by atoms with Crippen molar-refractivity contribution in [2.75, 3.05) is 24.6 Å². The maximum Gasteiger partial charge on any atom is 0.238 e. The summed E-state index contributed by atoms with van der Waals surface area (Å²) >= 11 is 6.31.